The third-order valence-corrected chi connectivity index (χ3v) is 4.84. The molecule has 20 heavy (non-hydrogen) atoms. The topological polar surface area (TPSA) is 30.5 Å². The molecule has 3 nitrogen and oxygen atoms in total. The Bertz CT molecular complexity index is 284. The van der Waals surface area contributed by atoms with E-state index < -0.39 is 0 Å². The van der Waals surface area contributed by atoms with E-state index in [4.69, 9.17) is 9.47 Å². The molecule has 1 heterocycles. The average Bonchev–Trinajstić information content (AvgIpc) is 2.89. The summed E-state index contributed by atoms with van der Waals surface area (Å²) in [5, 5.41) is 3.67. The molecule has 2 aliphatic rings. The monoisotopic (exact) mass is 283 g/mol. The van der Waals surface area contributed by atoms with Gasteiger partial charge in [0.1, 0.15) is 0 Å². The van der Waals surface area contributed by atoms with Crippen molar-refractivity contribution in [2.45, 2.75) is 83.5 Å². The van der Waals surface area contributed by atoms with Gasteiger partial charge in [-0.25, -0.2) is 0 Å². The molecule has 118 valence electrons. The highest BCUT2D eigenvalue weighted by atomic mass is 16.6. The van der Waals surface area contributed by atoms with E-state index in [1.165, 1.54) is 32.1 Å². The zero-order valence-electron chi connectivity index (χ0n) is 13.8. The van der Waals surface area contributed by atoms with Crippen LogP contribution in [-0.4, -0.2) is 37.0 Å². The van der Waals surface area contributed by atoms with Crippen LogP contribution in [-0.2, 0) is 9.47 Å². The molecule has 1 saturated heterocycles. The van der Waals surface area contributed by atoms with Crippen LogP contribution >= 0.6 is 0 Å². The quantitative estimate of drug-likeness (QED) is 0.837. The van der Waals surface area contributed by atoms with Gasteiger partial charge in [0.2, 0.25) is 0 Å². The molecule has 0 aromatic heterocycles. The Morgan fingerprint density at radius 2 is 1.90 bits per heavy atom. The molecule has 1 unspecified atom stereocenters. The minimum atomic E-state index is 0.0390. The first kappa shape index (κ1) is 16.3. The van der Waals surface area contributed by atoms with Gasteiger partial charge in [0.05, 0.1) is 18.3 Å². The maximum atomic E-state index is 6.54. The molecule has 1 aliphatic heterocycles. The van der Waals surface area contributed by atoms with E-state index in [2.05, 4.69) is 33.0 Å². The third kappa shape index (κ3) is 4.71. The van der Waals surface area contributed by atoms with Gasteiger partial charge in [0, 0.05) is 18.7 Å². The second-order valence-electron chi connectivity index (χ2n) is 7.74. The van der Waals surface area contributed by atoms with Crippen LogP contribution in [0.2, 0.25) is 0 Å². The summed E-state index contributed by atoms with van der Waals surface area (Å²) < 4.78 is 12.0. The van der Waals surface area contributed by atoms with Crippen molar-refractivity contribution in [1.29, 1.82) is 0 Å². The second kappa shape index (κ2) is 6.76. The number of hydrogen-bond donors (Lipinski definition) is 1. The maximum Gasteiger partial charge on any atom is 0.0838 e. The van der Waals surface area contributed by atoms with Gasteiger partial charge in [-0.15, -0.1) is 0 Å². The molecule has 0 aromatic carbocycles. The molecular weight excluding hydrogens is 250 g/mol. The van der Waals surface area contributed by atoms with Gasteiger partial charge < -0.3 is 14.8 Å². The Labute approximate surface area is 124 Å². The number of nitrogens with one attached hydrogen (secondary N) is 1. The van der Waals surface area contributed by atoms with Crippen LogP contribution in [0.25, 0.3) is 0 Å². The zero-order valence-corrected chi connectivity index (χ0v) is 13.8. The molecule has 1 aliphatic carbocycles. The summed E-state index contributed by atoms with van der Waals surface area (Å²) in [4.78, 5) is 0. The van der Waals surface area contributed by atoms with E-state index in [1.54, 1.807) is 0 Å². The summed E-state index contributed by atoms with van der Waals surface area (Å²) in [7, 11) is 0. The van der Waals surface area contributed by atoms with Gasteiger partial charge in [-0.05, 0) is 58.8 Å². The fourth-order valence-corrected chi connectivity index (χ4v) is 3.33. The predicted molar refractivity (Wildman–Crippen MR) is 83.0 cm³/mol. The summed E-state index contributed by atoms with van der Waals surface area (Å²) in [6, 6.07) is 0. The van der Waals surface area contributed by atoms with Crippen LogP contribution in [0.1, 0.15) is 66.2 Å². The Morgan fingerprint density at radius 1 is 1.20 bits per heavy atom. The fourth-order valence-electron chi connectivity index (χ4n) is 3.33. The lowest BCUT2D eigenvalue weighted by atomic mass is 9.77. The van der Waals surface area contributed by atoms with Crippen molar-refractivity contribution in [1.82, 2.24) is 5.32 Å². The van der Waals surface area contributed by atoms with Crippen molar-refractivity contribution in [3.05, 3.63) is 0 Å². The fraction of sp³-hybridized carbons (Fsp3) is 1.00. The zero-order chi connectivity index (χ0) is 14.6. The van der Waals surface area contributed by atoms with Crippen LogP contribution in [0.15, 0.2) is 0 Å². The summed E-state index contributed by atoms with van der Waals surface area (Å²) in [6.07, 6.45) is 7.72. The average molecular weight is 283 g/mol. The lowest BCUT2D eigenvalue weighted by molar-refractivity contribution is -0.119. The molecule has 0 amide bonds. The number of hydrogen-bond acceptors (Lipinski definition) is 3. The Kier molecular flexibility index (Phi) is 5.49. The third-order valence-electron chi connectivity index (χ3n) is 4.84. The molecule has 3 heteroatoms. The molecule has 0 radical (unpaired) electrons. The highest BCUT2D eigenvalue weighted by Gasteiger charge is 2.39. The van der Waals surface area contributed by atoms with Crippen molar-refractivity contribution < 1.29 is 9.47 Å². The van der Waals surface area contributed by atoms with Crippen LogP contribution < -0.4 is 5.32 Å². The molecule has 2 rings (SSSR count). The normalized spacial score (nSPS) is 35.4. The van der Waals surface area contributed by atoms with E-state index in [9.17, 15) is 0 Å². The maximum absolute atomic E-state index is 6.54. The number of ether oxygens (including phenoxy) is 2. The van der Waals surface area contributed by atoms with Crippen molar-refractivity contribution >= 4 is 0 Å². The van der Waals surface area contributed by atoms with Gasteiger partial charge >= 0.3 is 0 Å². The standard InChI is InChI=1S/C17H33NO2/c1-5-14-6-9-17(10-7-14,13-18-16(2,3)4)20-15-8-11-19-12-15/h14-15,18H,5-13H2,1-4H3. The van der Waals surface area contributed by atoms with E-state index in [-0.39, 0.29) is 11.1 Å². The van der Waals surface area contributed by atoms with Crippen LogP contribution in [0.4, 0.5) is 0 Å². The lowest BCUT2D eigenvalue weighted by Gasteiger charge is -2.43. The van der Waals surface area contributed by atoms with Gasteiger partial charge in [0.15, 0.2) is 0 Å². The molecular formula is C17H33NO2. The summed E-state index contributed by atoms with van der Waals surface area (Å²) in [5.41, 5.74) is 0.196. The molecule has 0 spiro atoms. The SMILES string of the molecule is CCC1CCC(CNC(C)(C)C)(OC2CCOC2)CC1. The van der Waals surface area contributed by atoms with Gasteiger partial charge in [-0.3, -0.25) is 0 Å². The second-order valence-corrected chi connectivity index (χ2v) is 7.74. The van der Waals surface area contributed by atoms with Crippen LogP contribution in [0.5, 0.6) is 0 Å². The van der Waals surface area contributed by atoms with Crippen molar-refractivity contribution in [2.24, 2.45) is 5.92 Å². The highest BCUT2D eigenvalue weighted by molar-refractivity contribution is 4.92. The molecule has 0 aromatic rings. The Balaban J connectivity index is 1.95. The van der Waals surface area contributed by atoms with Crippen molar-refractivity contribution in [2.75, 3.05) is 19.8 Å². The van der Waals surface area contributed by atoms with Crippen molar-refractivity contribution in [3.63, 3.8) is 0 Å². The number of rotatable bonds is 5. The Morgan fingerprint density at radius 3 is 2.40 bits per heavy atom. The molecule has 1 saturated carbocycles. The van der Waals surface area contributed by atoms with Crippen LogP contribution in [0.3, 0.4) is 0 Å². The Hall–Kier alpha value is -0.120. The van der Waals surface area contributed by atoms with E-state index in [0.717, 1.165) is 32.1 Å². The summed E-state index contributed by atoms with van der Waals surface area (Å²) >= 11 is 0. The molecule has 2 fully saturated rings. The summed E-state index contributed by atoms with van der Waals surface area (Å²) in [5.74, 6) is 0.904. The van der Waals surface area contributed by atoms with Crippen molar-refractivity contribution in [3.8, 4) is 0 Å². The first-order valence-corrected chi connectivity index (χ1v) is 8.43. The molecule has 1 N–H and O–H groups in total. The first-order chi connectivity index (χ1) is 9.42. The van der Waals surface area contributed by atoms with Gasteiger partial charge in [-0.1, -0.05) is 13.3 Å². The predicted octanol–water partition coefficient (Wildman–Crippen LogP) is 3.52. The highest BCUT2D eigenvalue weighted by Crippen LogP contribution is 2.37. The minimum absolute atomic E-state index is 0.0390. The van der Waals surface area contributed by atoms with Crippen LogP contribution in [0, 0.1) is 5.92 Å². The van der Waals surface area contributed by atoms with Gasteiger partial charge in [-0.2, -0.15) is 0 Å². The summed E-state index contributed by atoms with van der Waals surface area (Å²) in [6.45, 7) is 11.6. The largest absolute Gasteiger partial charge is 0.379 e. The molecule has 1 atom stereocenters. The van der Waals surface area contributed by atoms with E-state index in [0.29, 0.717) is 6.10 Å². The van der Waals surface area contributed by atoms with E-state index in [1.807, 2.05) is 0 Å². The minimum Gasteiger partial charge on any atom is -0.379 e. The van der Waals surface area contributed by atoms with E-state index >= 15 is 0 Å². The smallest absolute Gasteiger partial charge is 0.0838 e. The van der Waals surface area contributed by atoms with Gasteiger partial charge in [0.25, 0.3) is 0 Å². The molecule has 0 bridgehead atoms. The first-order valence-electron chi connectivity index (χ1n) is 8.43. The lowest BCUT2D eigenvalue weighted by Crippen LogP contribution is -2.52.